The number of fused-ring (bicyclic) bond motifs is 1. The fourth-order valence-electron chi connectivity index (χ4n) is 4.74. The van der Waals surface area contributed by atoms with Crippen molar-refractivity contribution >= 4 is 44.2 Å². The quantitative estimate of drug-likeness (QED) is 0.278. The summed E-state index contributed by atoms with van der Waals surface area (Å²) in [7, 11) is -1.83. The van der Waals surface area contributed by atoms with Gasteiger partial charge in [-0.2, -0.15) is 0 Å². The van der Waals surface area contributed by atoms with Gasteiger partial charge in [-0.1, -0.05) is 19.1 Å². The summed E-state index contributed by atoms with van der Waals surface area (Å²) in [5.41, 5.74) is 1.41. The van der Waals surface area contributed by atoms with Crippen LogP contribution in [0.3, 0.4) is 0 Å². The molecule has 1 saturated heterocycles. The van der Waals surface area contributed by atoms with Crippen LogP contribution in [0.2, 0.25) is 0 Å². The summed E-state index contributed by atoms with van der Waals surface area (Å²) in [6.45, 7) is 4.69. The van der Waals surface area contributed by atoms with Crippen molar-refractivity contribution in [1.82, 2.24) is 19.8 Å². The Labute approximate surface area is 241 Å². The molecular formula is C29H30F2N6O4S. The number of carbonyl (C=O) groups excluding carboxylic acids is 2. The summed E-state index contributed by atoms with van der Waals surface area (Å²) in [6, 6.07) is 12.4. The molecule has 0 aliphatic carbocycles. The highest BCUT2D eigenvalue weighted by Gasteiger charge is 2.24. The molecule has 4 aromatic rings. The number of likely N-dealkylation sites (N-methyl/N-ethyl adjacent to an activating group) is 1. The van der Waals surface area contributed by atoms with Gasteiger partial charge < -0.3 is 20.1 Å². The van der Waals surface area contributed by atoms with Crippen molar-refractivity contribution in [2.45, 2.75) is 13.3 Å². The lowest BCUT2D eigenvalue weighted by Crippen LogP contribution is -2.47. The minimum absolute atomic E-state index is 0.00915. The Morgan fingerprint density at radius 2 is 1.74 bits per heavy atom. The summed E-state index contributed by atoms with van der Waals surface area (Å²) >= 11 is 0. The lowest BCUT2D eigenvalue weighted by Gasteiger charge is -2.32. The number of amides is 2. The van der Waals surface area contributed by atoms with Crippen LogP contribution in [0.25, 0.3) is 22.3 Å². The molecule has 0 spiro atoms. The van der Waals surface area contributed by atoms with E-state index >= 15 is 4.39 Å². The number of aromatic amines is 1. The van der Waals surface area contributed by atoms with Crippen molar-refractivity contribution in [2.75, 3.05) is 49.0 Å². The highest BCUT2D eigenvalue weighted by atomic mass is 32.2. The molecule has 2 aromatic carbocycles. The summed E-state index contributed by atoms with van der Waals surface area (Å²) in [5.74, 6) is -3.82. The molecule has 0 unspecified atom stereocenters. The monoisotopic (exact) mass is 596 g/mol. The number of carbonyl (C=O) groups is 2. The number of benzene rings is 2. The van der Waals surface area contributed by atoms with E-state index in [-0.39, 0.29) is 17.3 Å². The summed E-state index contributed by atoms with van der Waals surface area (Å²) in [6.07, 6.45) is 1.63. The molecule has 10 nitrogen and oxygen atoms in total. The topological polar surface area (TPSA) is 127 Å². The zero-order valence-corrected chi connectivity index (χ0v) is 23.9. The molecular weight excluding hydrogens is 566 g/mol. The number of nitrogens with zero attached hydrogens (tertiary/aromatic N) is 3. The van der Waals surface area contributed by atoms with E-state index in [0.29, 0.717) is 36.1 Å². The third kappa shape index (κ3) is 6.26. The highest BCUT2D eigenvalue weighted by Crippen LogP contribution is 2.27. The van der Waals surface area contributed by atoms with Gasteiger partial charge >= 0.3 is 0 Å². The molecule has 1 aliphatic heterocycles. The fraction of sp³-hybridized carbons (Fsp3) is 0.276. The average molecular weight is 597 g/mol. The molecule has 220 valence electrons. The van der Waals surface area contributed by atoms with Crippen molar-refractivity contribution in [3.8, 4) is 11.3 Å². The zero-order valence-electron chi connectivity index (χ0n) is 23.1. The van der Waals surface area contributed by atoms with Gasteiger partial charge in [-0.25, -0.2) is 22.2 Å². The lowest BCUT2D eigenvalue weighted by atomic mass is 10.1. The Balaban J connectivity index is 1.32. The van der Waals surface area contributed by atoms with Crippen molar-refractivity contribution in [1.29, 1.82) is 0 Å². The standard InChI is InChI=1S/C29H30F2N6O4S/c1-3-14-42(40,41)35-23-9-8-22(30)25(26(23)31)28(38)33-21-15-20-16-24(34-27(20)32-17-21)18-4-6-19(7-5-18)29(39)37-12-10-36(2)11-13-37/h4-9,15-17,35H,3,10-14H2,1-2H3,(H,32,34)(H,33,38). The zero-order chi connectivity index (χ0) is 30.0. The van der Waals surface area contributed by atoms with Gasteiger partial charge in [0.15, 0.2) is 5.82 Å². The van der Waals surface area contributed by atoms with Crippen LogP contribution in [0.4, 0.5) is 20.2 Å². The minimum atomic E-state index is -3.86. The summed E-state index contributed by atoms with van der Waals surface area (Å²) < 4.78 is 55.7. The fourth-order valence-corrected chi connectivity index (χ4v) is 5.88. The first-order valence-corrected chi connectivity index (χ1v) is 15.1. The molecule has 2 amide bonds. The molecule has 0 atom stereocenters. The molecule has 3 heterocycles. The van der Waals surface area contributed by atoms with E-state index in [1.807, 2.05) is 24.1 Å². The van der Waals surface area contributed by atoms with Gasteiger partial charge in [-0.05, 0) is 55.4 Å². The van der Waals surface area contributed by atoms with E-state index in [4.69, 9.17) is 0 Å². The van der Waals surface area contributed by atoms with E-state index in [9.17, 15) is 22.4 Å². The van der Waals surface area contributed by atoms with Crippen LogP contribution in [-0.4, -0.2) is 79.0 Å². The maximum absolute atomic E-state index is 15.0. The van der Waals surface area contributed by atoms with E-state index in [2.05, 4.69) is 24.9 Å². The number of pyridine rings is 1. The number of H-pyrrole nitrogens is 1. The molecule has 2 aromatic heterocycles. The predicted octanol–water partition coefficient (Wildman–Crippen LogP) is 4.30. The highest BCUT2D eigenvalue weighted by molar-refractivity contribution is 7.92. The van der Waals surface area contributed by atoms with Crippen molar-refractivity contribution in [3.63, 3.8) is 0 Å². The van der Waals surface area contributed by atoms with Gasteiger partial charge in [0.05, 0.1) is 23.3 Å². The largest absolute Gasteiger partial charge is 0.339 e. The lowest BCUT2D eigenvalue weighted by molar-refractivity contribution is 0.0664. The number of hydrogen-bond acceptors (Lipinski definition) is 6. The Hall–Kier alpha value is -4.36. The number of halogens is 2. The first-order valence-electron chi connectivity index (χ1n) is 13.4. The average Bonchev–Trinajstić information content (AvgIpc) is 3.38. The molecule has 5 rings (SSSR count). The van der Waals surface area contributed by atoms with Gasteiger partial charge in [0.25, 0.3) is 11.8 Å². The Morgan fingerprint density at radius 1 is 1.02 bits per heavy atom. The smallest absolute Gasteiger partial charge is 0.261 e. The number of piperazine rings is 1. The van der Waals surface area contributed by atoms with E-state index in [1.54, 1.807) is 31.2 Å². The Morgan fingerprint density at radius 3 is 2.43 bits per heavy atom. The van der Waals surface area contributed by atoms with Crippen LogP contribution in [0, 0.1) is 11.6 Å². The van der Waals surface area contributed by atoms with E-state index in [1.165, 1.54) is 6.20 Å². The number of sulfonamides is 1. The first kappa shape index (κ1) is 29.1. The van der Waals surface area contributed by atoms with Crippen molar-refractivity contribution in [3.05, 3.63) is 77.5 Å². The van der Waals surface area contributed by atoms with Crippen LogP contribution in [0.1, 0.15) is 34.1 Å². The maximum Gasteiger partial charge on any atom is 0.261 e. The number of hydrogen-bond donors (Lipinski definition) is 3. The third-order valence-electron chi connectivity index (χ3n) is 7.02. The molecule has 13 heteroatoms. The number of anilines is 2. The van der Waals surface area contributed by atoms with Gasteiger partial charge in [0.1, 0.15) is 17.0 Å². The Kier molecular flexibility index (Phi) is 8.23. The van der Waals surface area contributed by atoms with Crippen LogP contribution >= 0.6 is 0 Å². The van der Waals surface area contributed by atoms with Gasteiger partial charge in [0.2, 0.25) is 10.0 Å². The van der Waals surface area contributed by atoms with Crippen molar-refractivity contribution in [2.24, 2.45) is 0 Å². The van der Waals surface area contributed by atoms with E-state index < -0.39 is 38.8 Å². The number of rotatable bonds is 8. The van der Waals surface area contributed by atoms with Gasteiger partial charge in [-0.15, -0.1) is 0 Å². The number of nitrogens with one attached hydrogen (secondary N) is 3. The summed E-state index contributed by atoms with van der Waals surface area (Å²) in [5, 5.41) is 3.06. The van der Waals surface area contributed by atoms with Crippen molar-refractivity contribution < 1.29 is 26.8 Å². The molecule has 0 radical (unpaired) electrons. The molecule has 3 N–H and O–H groups in total. The van der Waals surface area contributed by atoms with Crippen LogP contribution in [-0.2, 0) is 10.0 Å². The summed E-state index contributed by atoms with van der Waals surface area (Å²) in [4.78, 5) is 37.2. The second kappa shape index (κ2) is 11.9. The molecule has 42 heavy (non-hydrogen) atoms. The first-order chi connectivity index (χ1) is 20.0. The van der Waals surface area contributed by atoms with Gasteiger partial charge in [0, 0.05) is 42.8 Å². The number of aromatic nitrogens is 2. The molecule has 0 saturated carbocycles. The van der Waals surface area contributed by atoms with E-state index in [0.717, 1.165) is 36.5 Å². The predicted molar refractivity (Wildman–Crippen MR) is 157 cm³/mol. The maximum atomic E-state index is 15.0. The minimum Gasteiger partial charge on any atom is -0.339 e. The van der Waals surface area contributed by atoms with Crippen LogP contribution in [0.15, 0.2) is 54.7 Å². The normalized spacial score (nSPS) is 14.2. The third-order valence-corrected chi connectivity index (χ3v) is 8.49. The molecule has 0 bridgehead atoms. The molecule has 1 fully saturated rings. The molecule has 1 aliphatic rings. The van der Waals surface area contributed by atoms with Gasteiger partial charge in [-0.3, -0.25) is 14.3 Å². The SMILES string of the molecule is CCCS(=O)(=O)Nc1ccc(F)c(C(=O)Nc2cnc3[nH]c(-c4ccc(C(=O)N5CCN(C)CC5)cc4)cc3c2)c1F. The van der Waals surface area contributed by atoms with Crippen LogP contribution < -0.4 is 10.0 Å². The Bertz CT molecular complexity index is 1750. The van der Waals surface area contributed by atoms with Crippen LogP contribution in [0.5, 0.6) is 0 Å². The second-order valence-electron chi connectivity index (χ2n) is 10.2. The second-order valence-corrected chi connectivity index (χ2v) is 12.0.